The molecule has 1 unspecified atom stereocenters. The average molecular weight is 389 g/mol. The maximum absolute atomic E-state index is 13.4. The highest BCUT2D eigenvalue weighted by molar-refractivity contribution is 6.07. The summed E-state index contributed by atoms with van der Waals surface area (Å²) in [7, 11) is 0. The summed E-state index contributed by atoms with van der Waals surface area (Å²) in [5, 5.41) is 0. The van der Waals surface area contributed by atoms with Gasteiger partial charge in [-0.1, -0.05) is 30.3 Å². The van der Waals surface area contributed by atoms with Crippen LogP contribution in [0.5, 0.6) is 0 Å². The second-order valence-electron chi connectivity index (χ2n) is 8.23. The van der Waals surface area contributed by atoms with E-state index in [1.54, 1.807) is 32.6 Å². The first kappa shape index (κ1) is 20.3. The van der Waals surface area contributed by atoms with Crippen molar-refractivity contribution in [3.63, 3.8) is 0 Å². The quantitative estimate of drug-likeness (QED) is 0.569. The molecule has 0 aromatic heterocycles. The van der Waals surface area contributed by atoms with Crippen LogP contribution in [-0.4, -0.2) is 47.6 Å². The summed E-state index contributed by atoms with van der Waals surface area (Å²) in [6, 6.07) is 9.08. The number of benzene rings is 1. The van der Waals surface area contributed by atoms with Crippen LogP contribution in [0.2, 0.25) is 0 Å². The lowest BCUT2D eigenvalue weighted by Crippen LogP contribution is -2.44. The number of fused-ring (bicyclic) bond motifs is 1. The Kier molecular flexibility index (Phi) is 5.48. The Hall–Kier alpha value is -2.41. The number of ether oxygens (including phenoxy) is 3. The monoisotopic (exact) mass is 389 g/mol. The van der Waals surface area contributed by atoms with Crippen molar-refractivity contribution in [2.24, 2.45) is 5.41 Å². The maximum atomic E-state index is 13.4. The average Bonchev–Trinajstić information content (AvgIpc) is 3.13. The van der Waals surface area contributed by atoms with Crippen molar-refractivity contribution < 1.29 is 28.6 Å². The van der Waals surface area contributed by atoms with Crippen LogP contribution < -0.4 is 0 Å². The molecule has 1 amide bonds. The standard InChI is InChI=1S/C21H27NO6/c1-5-26-19(25)21(12-16(23)28-20(2,3)4)11-15-13-27-17(22(15)18(21)24)14-9-7-6-8-10-14/h6-10,15,17H,5,11-13H2,1-4H3/t15-,17+,21?/m0/s1. The lowest BCUT2D eigenvalue weighted by atomic mass is 9.81. The molecule has 2 aliphatic heterocycles. The van der Waals surface area contributed by atoms with Crippen LogP contribution in [0.25, 0.3) is 0 Å². The highest BCUT2D eigenvalue weighted by atomic mass is 16.6. The van der Waals surface area contributed by atoms with Gasteiger partial charge in [-0.05, 0) is 34.1 Å². The first-order valence-electron chi connectivity index (χ1n) is 9.56. The second-order valence-corrected chi connectivity index (χ2v) is 8.23. The fourth-order valence-corrected chi connectivity index (χ4v) is 3.88. The lowest BCUT2D eigenvalue weighted by molar-refractivity contribution is -0.172. The molecule has 7 nitrogen and oxygen atoms in total. The van der Waals surface area contributed by atoms with E-state index in [0.717, 1.165) is 5.56 Å². The third-order valence-electron chi connectivity index (χ3n) is 4.94. The summed E-state index contributed by atoms with van der Waals surface area (Å²) in [4.78, 5) is 40.4. The fraction of sp³-hybridized carbons (Fsp3) is 0.571. The van der Waals surface area contributed by atoms with E-state index in [4.69, 9.17) is 14.2 Å². The van der Waals surface area contributed by atoms with Crippen molar-refractivity contribution in [2.75, 3.05) is 13.2 Å². The van der Waals surface area contributed by atoms with E-state index >= 15 is 0 Å². The topological polar surface area (TPSA) is 82.1 Å². The van der Waals surface area contributed by atoms with Gasteiger partial charge in [0.05, 0.1) is 25.7 Å². The molecule has 7 heteroatoms. The summed E-state index contributed by atoms with van der Waals surface area (Å²) < 4.78 is 16.4. The molecule has 2 saturated heterocycles. The summed E-state index contributed by atoms with van der Waals surface area (Å²) >= 11 is 0. The van der Waals surface area contributed by atoms with Gasteiger partial charge in [-0.15, -0.1) is 0 Å². The van der Waals surface area contributed by atoms with E-state index in [0.29, 0.717) is 6.61 Å². The van der Waals surface area contributed by atoms with E-state index in [1.165, 1.54) is 0 Å². The zero-order chi connectivity index (χ0) is 20.5. The molecule has 28 heavy (non-hydrogen) atoms. The van der Waals surface area contributed by atoms with Gasteiger partial charge in [-0.3, -0.25) is 14.4 Å². The third kappa shape index (κ3) is 3.76. The Morgan fingerprint density at radius 2 is 1.93 bits per heavy atom. The minimum atomic E-state index is -1.57. The SMILES string of the molecule is CCOC(=O)C1(CC(=O)OC(C)(C)C)C[C@H]2CO[C@H](c3ccccc3)N2C1=O. The molecule has 2 aliphatic rings. The van der Waals surface area contributed by atoms with Crippen molar-refractivity contribution in [3.8, 4) is 0 Å². The predicted octanol–water partition coefficient (Wildman–Crippen LogP) is 2.60. The Labute approximate surface area is 164 Å². The number of esters is 2. The van der Waals surface area contributed by atoms with Crippen LogP contribution in [-0.2, 0) is 28.6 Å². The Bertz CT molecular complexity index is 756. The number of hydrogen-bond donors (Lipinski definition) is 0. The van der Waals surface area contributed by atoms with Gasteiger partial charge in [0, 0.05) is 5.56 Å². The minimum Gasteiger partial charge on any atom is -0.465 e. The van der Waals surface area contributed by atoms with Gasteiger partial charge in [-0.2, -0.15) is 0 Å². The maximum Gasteiger partial charge on any atom is 0.322 e. The molecule has 0 saturated carbocycles. The van der Waals surface area contributed by atoms with Crippen LogP contribution in [0.1, 0.15) is 52.3 Å². The zero-order valence-corrected chi connectivity index (χ0v) is 16.8. The molecule has 2 heterocycles. The summed E-state index contributed by atoms with van der Waals surface area (Å²) in [5.74, 6) is -1.70. The van der Waals surface area contributed by atoms with E-state index in [-0.39, 0.29) is 25.5 Å². The first-order chi connectivity index (χ1) is 13.2. The molecule has 0 aliphatic carbocycles. The molecule has 0 radical (unpaired) electrons. The number of hydrogen-bond acceptors (Lipinski definition) is 6. The number of amides is 1. The normalized spacial score (nSPS) is 26.9. The molecular formula is C21H27NO6. The number of nitrogens with zero attached hydrogens (tertiary/aromatic N) is 1. The van der Waals surface area contributed by atoms with Gasteiger partial charge < -0.3 is 19.1 Å². The zero-order valence-electron chi connectivity index (χ0n) is 16.8. The number of carbonyl (C=O) groups excluding carboxylic acids is 3. The van der Waals surface area contributed by atoms with Crippen molar-refractivity contribution in [1.82, 2.24) is 4.90 Å². The van der Waals surface area contributed by atoms with Crippen LogP contribution >= 0.6 is 0 Å². The fourth-order valence-electron chi connectivity index (χ4n) is 3.88. The van der Waals surface area contributed by atoms with E-state index in [1.807, 2.05) is 30.3 Å². The smallest absolute Gasteiger partial charge is 0.322 e. The Balaban J connectivity index is 1.90. The molecule has 152 valence electrons. The molecule has 1 aromatic rings. The first-order valence-corrected chi connectivity index (χ1v) is 9.56. The summed E-state index contributed by atoms with van der Waals surface area (Å²) in [6.45, 7) is 7.35. The van der Waals surface area contributed by atoms with Gasteiger partial charge in [0.1, 0.15) is 5.60 Å². The molecule has 3 atom stereocenters. The van der Waals surface area contributed by atoms with Crippen LogP contribution in [0, 0.1) is 5.41 Å². The molecule has 0 spiro atoms. The molecule has 2 fully saturated rings. The van der Waals surface area contributed by atoms with E-state index in [2.05, 4.69) is 0 Å². The number of carbonyl (C=O) groups is 3. The van der Waals surface area contributed by atoms with Gasteiger partial charge in [0.2, 0.25) is 5.91 Å². The Morgan fingerprint density at radius 1 is 1.25 bits per heavy atom. The van der Waals surface area contributed by atoms with Crippen LogP contribution in [0.3, 0.4) is 0 Å². The molecule has 1 aromatic carbocycles. The largest absolute Gasteiger partial charge is 0.465 e. The van der Waals surface area contributed by atoms with Crippen LogP contribution in [0.15, 0.2) is 30.3 Å². The minimum absolute atomic E-state index is 0.130. The molecule has 0 bridgehead atoms. The Morgan fingerprint density at radius 3 is 2.54 bits per heavy atom. The highest BCUT2D eigenvalue weighted by Gasteiger charge is 2.62. The molecular weight excluding hydrogens is 362 g/mol. The van der Waals surface area contributed by atoms with Gasteiger partial charge >= 0.3 is 11.9 Å². The highest BCUT2D eigenvalue weighted by Crippen LogP contribution is 2.48. The van der Waals surface area contributed by atoms with Crippen LogP contribution in [0.4, 0.5) is 0 Å². The lowest BCUT2D eigenvalue weighted by Gasteiger charge is -2.29. The molecule has 3 rings (SSSR count). The van der Waals surface area contributed by atoms with E-state index < -0.39 is 35.1 Å². The van der Waals surface area contributed by atoms with Crippen molar-refractivity contribution in [3.05, 3.63) is 35.9 Å². The predicted molar refractivity (Wildman–Crippen MR) is 99.9 cm³/mol. The molecule has 0 N–H and O–H groups in total. The van der Waals surface area contributed by atoms with Gasteiger partial charge in [0.15, 0.2) is 11.6 Å². The second kappa shape index (κ2) is 7.54. The van der Waals surface area contributed by atoms with Gasteiger partial charge in [0.25, 0.3) is 0 Å². The van der Waals surface area contributed by atoms with Crippen molar-refractivity contribution >= 4 is 17.8 Å². The van der Waals surface area contributed by atoms with Crippen molar-refractivity contribution in [1.29, 1.82) is 0 Å². The van der Waals surface area contributed by atoms with Gasteiger partial charge in [-0.25, -0.2) is 0 Å². The third-order valence-corrected chi connectivity index (χ3v) is 4.94. The summed E-state index contributed by atoms with van der Waals surface area (Å²) in [6.07, 6.45) is -0.738. The van der Waals surface area contributed by atoms with E-state index in [9.17, 15) is 14.4 Å². The number of rotatable bonds is 5. The summed E-state index contributed by atoms with van der Waals surface area (Å²) in [5.41, 5.74) is -1.45. The van der Waals surface area contributed by atoms with Crippen molar-refractivity contribution in [2.45, 2.75) is 58.4 Å².